The van der Waals surface area contributed by atoms with Crippen LogP contribution in [0.1, 0.15) is 21.3 Å². The van der Waals surface area contributed by atoms with Crippen LogP contribution in [-0.2, 0) is 4.74 Å². The van der Waals surface area contributed by atoms with Crippen LogP contribution in [0.2, 0.25) is 0 Å². The fourth-order valence-corrected chi connectivity index (χ4v) is 3.60. The number of thiophene rings is 1. The summed E-state index contributed by atoms with van der Waals surface area (Å²) in [6.07, 6.45) is 1.67. The number of hydrogen-bond acceptors (Lipinski definition) is 5. The zero-order valence-electron chi connectivity index (χ0n) is 11.5. The summed E-state index contributed by atoms with van der Waals surface area (Å²) < 4.78 is 5.85. The Labute approximate surface area is 121 Å². The molecule has 6 heteroatoms. The van der Waals surface area contributed by atoms with Crippen molar-refractivity contribution in [2.24, 2.45) is 0 Å². The van der Waals surface area contributed by atoms with Gasteiger partial charge in [-0.25, -0.2) is 4.98 Å². The van der Waals surface area contributed by atoms with Crippen LogP contribution in [0, 0.1) is 0 Å². The third-order valence-corrected chi connectivity index (χ3v) is 4.47. The van der Waals surface area contributed by atoms with Crippen LogP contribution >= 0.6 is 11.3 Å². The Kier molecular flexibility index (Phi) is 3.69. The predicted molar refractivity (Wildman–Crippen MR) is 79.2 cm³/mol. The lowest BCUT2D eigenvalue weighted by molar-refractivity contribution is 0.0280. The zero-order chi connectivity index (χ0) is 14.1. The summed E-state index contributed by atoms with van der Waals surface area (Å²) in [5, 5.41) is 4.34. The number of carbonyl (C=O) groups excluding carboxylic acids is 1. The largest absolute Gasteiger partial charge is 0.371 e. The first-order valence-electron chi connectivity index (χ1n) is 6.60. The van der Waals surface area contributed by atoms with E-state index in [1.165, 1.54) is 11.3 Å². The zero-order valence-corrected chi connectivity index (χ0v) is 12.4. The molecule has 1 atom stereocenters. The summed E-state index contributed by atoms with van der Waals surface area (Å²) in [7, 11) is 3.54. The smallest absolute Gasteiger partial charge is 0.263 e. The van der Waals surface area contributed by atoms with Gasteiger partial charge in [-0.1, -0.05) is 6.07 Å². The Morgan fingerprint density at radius 3 is 3.10 bits per heavy atom. The fourth-order valence-electron chi connectivity index (χ4n) is 2.38. The maximum Gasteiger partial charge on any atom is 0.263 e. The Balaban J connectivity index is 2.14. The van der Waals surface area contributed by atoms with Crippen molar-refractivity contribution in [2.45, 2.75) is 6.10 Å². The molecule has 1 saturated heterocycles. The summed E-state index contributed by atoms with van der Waals surface area (Å²) in [6, 6.07) is 3.91. The first-order chi connectivity index (χ1) is 9.68. The van der Waals surface area contributed by atoms with Gasteiger partial charge in [0, 0.05) is 44.3 Å². The molecular weight excluding hydrogens is 274 g/mol. The van der Waals surface area contributed by atoms with Crippen LogP contribution in [0.3, 0.4) is 0 Å². The lowest BCUT2D eigenvalue weighted by atomic mass is 10.0. The van der Waals surface area contributed by atoms with Crippen molar-refractivity contribution in [3.63, 3.8) is 0 Å². The van der Waals surface area contributed by atoms with Crippen molar-refractivity contribution in [1.29, 1.82) is 0 Å². The summed E-state index contributed by atoms with van der Waals surface area (Å²) in [4.78, 5) is 20.0. The second-order valence-corrected chi connectivity index (χ2v) is 5.96. The van der Waals surface area contributed by atoms with Crippen LogP contribution in [0.15, 0.2) is 18.3 Å². The first-order valence-corrected chi connectivity index (χ1v) is 7.41. The van der Waals surface area contributed by atoms with Crippen molar-refractivity contribution < 1.29 is 9.53 Å². The number of aromatic nitrogens is 1. The lowest BCUT2D eigenvalue weighted by Crippen LogP contribution is -2.34. The molecule has 0 unspecified atom stereocenters. The average molecular weight is 291 g/mol. The first kappa shape index (κ1) is 13.5. The molecule has 1 aliphatic rings. The number of fused-ring (bicyclic) bond motifs is 1. The van der Waals surface area contributed by atoms with Gasteiger partial charge in [-0.2, -0.15) is 0 Å². The van der Waals surface area contributed by atoms with E-state index in [1.807, 2.05) is 12.1 Å². The number of amides is 1. The quantitative estimate of drug-likeness (QED) is 0.914. The van der Waals surface area contributed by atoms with Gasteiger partial charge in [-0.05, 0) is 6.07 Å². The third-order valence-electron chi connectivity index (χ3n) is 3.35. The lowest BCUT2D eigenvalue weighted by Gasteiger charge is -2.25. The van der Waals surface area contributed by atoms with Gasteiger partial charge >= 0.3 is 0 Å². The van der Waals surface area contributed by atoms with Crippen LogP contribution in [0.4, 0.5) is 0 Å². The molecule has 106 valence electrons. The summed E-state index contributed by atoms with van der Waals surface area (Å²) in [5.74, 6) is 0.0113. The Bertz CT molecular complexity index is 632. The van der Waals surface area contributed by atoms with Gasteiger partial charge in [0.05, 0.1) is 12.7 Å². The van der Waals surface area contributed by atoms with E-state index in [1.54, 1.807) is 25.2 Å². The van der Waals surface area contributed by atoms with Crippen LogP contribution in [0.25, 0.3) is 10.2 Å². The number of nitrogens with zero attached hydrogens (tertiary/aromatic N) is 2. The van der Waals surface area contributed by atoms with Gasteiger partial charge in [0.2, 0.25) is 0 Å². The average Bonchev–Trinajstić information content (AvgIpc) is 2.86. The second kappa shape index (κ2) is 5.47. The van der Waals surface area contributed by atoms with Gasteiger partial charge < -0.3 is 15.0 Å². The van der Waals surface area contributed by atoms with Crippen molar-refractivity contribution >= 4 is 27.5 Å². The van der Waals surface area contributed by atoms with Gasteiger partial charge in [-0.15, -0.1) is 11.3 Å². The molecular formula is C14H17N3O2S. The number of carbonyl (C=O) groups is 1. The van der Waals surface area contributed by atoms with E-state index in [9.17, 15) is 4.79 Å². The van der Waals surface area contributed by atoms with E-state index in [0.717, 1.165) is 33.7 Å². The van der Waals surface area contributed by atoms with Crippen LogP contribution < -0.4 is 5.32 Å². The molecule has 5 nitrogen and oxygen atoms in total. The highest BCUT2D eigenvalue weighted by Gasteiger charge is 2.28. The molecule has 1 aliphatic heterocycles. The molecule has 1 N–H and O–H groups in total. The third kappa shape index (κ3) is 2.30. The molecule has 0 spiro atoms. The maximum absolute atomic E-state index is 12.4. The molecule has 1 amide bonds. The molecule has 0 radical (unpaired) electrons. The highest BCUT2D eigenvalue weighted by molar-refractivity contribution is 7.20. The normalized spacial score (nSPS) is 19.2. The number of hydrogen-bond donors (Lipinski definition) is 1. The van der Waals surface area contributed by atoms with E-state index < -0.39 is 0 Å². The molecule has 0 saturated carbocycles. The minimum absolute atomic E-state index is 0.0113. The number of nitrogens with one attached hydrogen (secondary N) is 1. The Morgan fingerprint density at radius 1 is 1.55 bits per heavy atom. The molecule has 3 heterocycles. The standard InChI is InChI=1S/C14H17N3O2S/c1-17(2)14(18)12-11(10-8-15-6-7-19-10)9-4-3-5-16-13(9)20-12/h3-5,10,15H,6-8H2,1-2H3/t10-/m0/s1. The topological polar surface area (TPSA) is 54.5 Å². The number of rotatable bonds is 2. The van der Waals surface area contributed by atoms with Crippen molar-refractivity contribution in [1.82, 2.24) is 15.2 Å². The van der Waals surface area contributed by atoms with Crippen LogP contribution in [0.5, 0.6) is 0 Å². The van der Waals surface area contributed by atoms with E-state index in [2.05, 4.69) is 10.3 Å². The predicted octanol–water partition coefficient (Wildman–Crippen LogP) is 1.66. The highest BCUT2D eigenvalue weighted by atomic mass is 32.1. The summed E-state index contributed by atoms with van der Waals surface area (Å²) in [5.41, 5.74) is 0.976. The molecule has 0 aromatic carbocycles. The van der Waals surface area contributed by atoms with Gasteiger partial charge in [0.25, 0.3) is 5.91 Å². The second-order valence-electron chi connectivity index (χ2n) is 4.96. The van der Waals surface area contributed by atoms with Crippen molar-refractivity contribution in [3.05, 3.63) is 28.8 Å². The Morgan fingerprint density at radius 2 is 2.40 bits per heavy atom. The molecule has 2 aromatic heterocycles. The molecule has 0 bridgehead atoms. The van der Waals surface area contributed by atoms with Gasteiger partial charge in [0.1, 0.15) is 9.71 Å². The number of ether oxygens (including phenoxy) is 1. The number of morpholine rings is 1. The maximum atomic E-state index is 12.4. The van der Waals surface area contributed by atoms with Crippen LogP contribution in [-0.4, -0.2) is 49.6 Å². The fraction of sp³-hybridized carbons (Fsp3) is 0.429. The van der Waals surface area contributed by atoms with Gasteiger partial charge in [0.15, 0.2) is 0 Å². The van der Waals surface area contributed by atoms with E-state index in [0.29, 0.717) is 6.61 Å². The van der Waals surface area contributed by atoms with Crippen molar-refractivity contribution in [3.8, 4) is 0 Å². The highest BCUT2D eigenvalue weighted by Crippen LogP contribution is 2.36. The van der Waals surface area contributed by atoms with E-state index in [4.69, 9.17) is 4.74 Å². The van der Waals surface area contributed by atoms with Gasteiger partial charge in [-0.3, -0.25) is 4.79 Å². The van der Waals surface area contributed by atoms with E-state index in [-0.39, 0.29) is 12.0 Å². The molecule has 0 aliphatic carbocycles. The van der Waals surface area contributed by atoms with E-state index >= 15 is 0 Å². The molecule has 3 rings (SSSR count). The SMILES string of the molecule is CN(C)C(=O)c1sc2ncccc2c1[C@@H]1CNCCO1. The summed E-state index contributed by atoms with van der Waals surface area (Å²) >= 11 is 1.44. The van der Waals surface area contributed by atoms with Crippen molar-refractivity contribution in [2.75, 3.05) is 33.8 Å². The minimum atomic E-state index is -0.0828. The molecule has 20 heavy (non-hydrogen) atoms. The number of pyridine rings is 1. The molecule has 1 fully saturated rings. The minimum Gasteiger partial charge on any atom is -0.371 e. The summed E-state index contributed by atoms with van der Waals surface area (Å²) in [6.45, 7) is 2.25. The monoisotopic (exact) mass is 291 g/mol. The molecule has 2 aromatic rings. The Hall–Kier alpha value is -1.50.